The Bertz CT molecular complexity index is 123. The summed E-state index contributed by atoms with van der Waals surface area (Å²) in [5.41, 5.74) is 0. The summed E-state index contributed by atoms with van der Waals surface area (Å²) in [7, 11) is 1.96. The Kier molecular flexibility index (Phi) is 1.46. The standard InChI is InChI=1S/C8H16N2/c1-10(9)5-6-2-7-4-8(7)3-6/h6-8H,2-5,9H2,1H3. The number of fused-ring (bicyclic) bond motifs is 1. The maximum Gasteiger partial charge on any atom is 0.0154 e. The van der Waals surface area contributed by atoms with E-state index in [9.17, 15) is 0 Å². The van der Waals surface area contributed by atoms with Gasteiger partial charge in [-0.05, 0) is 37.0 Å². The Morgan fingerprint density at radius 2 is 1.90 bits per heavy atom. The van der Waals surface area contributed by atoms with Gasteiger partial charge in [0.2, 0.25) is 0 Å². The molecule has 0 aromatic rings. The molecule has 2 nitrogen and oxygen atoms in total. The zero-order valence-corrected chi connectivity index (χ0v) is 6.59. The fraction of sp³-hybridized carbons (Fsp3) is 1.00. The van der Waals surface area contributed by atoms with Crippen LogP contribution < -0.4 is 5.84 Å². The van der Waals surface area contributed by atoms with Crippen LogP contribution in [0.5, 0.6) is 0 Å². The van der Waals surface area contributed by atoms with Crippen molar-refractivity contribution in [1.29, 1.82) is 0 Å². The first-order valence-electron chi connectivity index (χ1n) is 4.21. The van der Waals surface area contributed by atoms with E-state index >= 15 is 0 Å². The lowest BCUT2D eigenvalue weighted by Gasteiger charge is -2.16. The van der Waals surface area contributed by atoms with Gasteiger partial charge in [-0.2, -0.15) is 0 Å². The second-order valence-corrected chi connectivity index (χ2v) is 4.03. The lowest BCUT2D eigenvalue weighted by Crippen LogP contribution is -2.31. The fourth-order valence-electron chi connectivity index (χ4n) is 2.40. The molecule has 2 aliphatic carbocycles. The molecule has 2 N–H and O–H groups in total. The van der Waals surface area contributed by atoms with Crippen molar-refractivity contribution in [3.63, 3.8) is 0 Å². The molecule has 2 unspecified atom stereocenters. The molecule has 2 fully saturated rings. The van der Waals surface area contributed by atoms with E-state index in [0.717, 1.165) is 24.3 Å². The quantitative estimate of drug-likeness (QED) is 0.455. The zero-order valence-electron chi connectivity index (χ0n) is 6.59. The van der Waals surface area contributed by atoms with E-state index in [4.69, 9.17) is 5.84 Å². The van der Waals surface area contributed by atoms with Crippen LogP contribution in [0.15, 0.2) is 0 Å². The number of hydrogen-bond acceptors (Lipinski definition) is 2. The summed E-state index contributed by atoms with van der Waals surface area (Å²) in [4.78, 5) is 0. The first-order chi connectivity index (χ1) is 4.75. The fourth-order valence-corrected chi connectivity index (χ4v) is 2.40. The summed E-state index contributed by atoms with van der Waals surface area (Å²) in [6.07, 6.45) is 4.42. The van der Waals surface area contributed by atoms with E-state index in [1.54, 1.807) is 0 Å². The highest BCUT2D eigenvalue weighted by Crippen LogP contribution is 2.54. The van der Waals surface area contributed by atoms with Gasteiger partial charge in [0, 0.05) is 13.6 Å². The highest BCUT2D eigenvalue weighted by Gasteiger charge is 2.45. The first-order valence-corrected chi connectivity index (χ1v) is 4.21. The van der Waals surface area contributed by atoms with Gasteiger partial charge in [0.15, 0.2) is 0 Å². The van der Waals surface area contributed by atoms with Gasteiger partial charge in [-0.1, -0.05) is 0 Å². The minimum absolute atomic E-state index is 0.916. The lowest BCUT2D eigenvalue weighted by atomic mass is 10.0. The Morgan fingerprint density at radius 3 is 2.40 bits per heavy atom. The average molecular weight is 140 g/mol. The molecule has 0 amide bonds. The average Bonchev–Trinajstić information content (AvgIpc) is 2.39. The van der Waals surface area contributed by atoms with Gasteiger partial charge in [-0.25, -0.2) is 5.01 Å². The summed E-state index contributed by atoms with van der Waals surface area (Å²) in [5, 5.41) is 1.83. The zero-order chi connectivity index (χ0) is 7.14. The third kappa shape index (κ3) is 1.18. The van der Waals surface area contributed by atoms with E-state index in [1.807, 2.05) is 12.1 Å². The molecule has 2 saturated carbocycles. The summed E-state index contributed by atoms with van der Waals surface area (Å²) in [5.74, 6) is 8.68. The van der Waals surface area contributed by atoms with Gasteiger partial charge in [0.1, 0.15) is 0 Å². The highest BCUT2D eigenvalue weighted by atomic mass is 15.4. The van der Waals surface area contributed by atoms with Crippen molar-refractivity contribution in [3.05, 3.63) is 0 Å². The van der Waals surface area contributed by atoms with Crippen molar-refractivity contribution in [2.24, 2.45) is 23.6 Å². The summed E-state index contributed by atoms with van der Waals surface area (Å²) in [6, 6.07) is 0. The monoisotopic (exact) mass is 140 g/mol. The van der Waals surface area contributed by atoms with E-state index in [1.165, 1.54) is 19.3 Å². The predicted octanol–water partition coefficient (Wildman–Crippen LogP) is 0.838. The van der Waals surface area contributed by atoms with Crippen LogP contribution in [0.3, 0.4) is 0 Å². The Morgan fingerprint density at radius 1 is 1.30 bits per heavy atom. The van der Waals surface area contributed by atoms with Crippen LogP contribution in [0.25, 0.3) is 0 Å². The van der Waals surface area contributed by atoms with Crippen molar-refractivity contribution in [2.75, 3.05) is 13.6 Å². The molecule has 0 saturated heterocycles. The number of nitrogens with two attached hydrogens (primary N) is 1. The molecule has 0 aliphatic heterocycles. The normalized spacial score (nSPS) is 44.1. The number of nitrogens with zero attached hydrogens (tertiary/aromatic N) is 1. The molecular formula is C8H16N2. The van der Waals surface area contributed by atoms with Crippen molar-refractivity contribution in [3.8, 4) is 0 Å². The van der Waals surface area contributed by atoms with Crippen LogP contribution in [-0.4, -0.2) is 18.6 Å². The van der Waals surface area contributed by atoms with Gasteiger partial charge >= 0.3 is 0 Å². The third-order valence-electron chi connectivity index (χ3n) is 2.89. The van der Waals surface area contributed by atoms with Crippen LogP contribution in [0, 0.1) is 17.8 Å². The highest BCUT2D eigenvalue weighted by molar-refractivity contribution is 4.96. The Labute approximate surface area is 62.4 Å². The molecule has 0 aromatic heterocycles. The van der Waals surface area contributed by atoms with Crippen LogP contribution >= 0.6 is 0 Å². The molecule has 2 aliphatic rings. The van der Waals surface area contributed by atoms with Crippen molar-refractivity contribution in [2.45, 2.75) is 19.3 Å². The molecule has 10 heavy (non-hydrogen) atoms. The van der Waals surface area contributed by atoms with Crippen LogP contribution in [-0.2, 0) is 0 Å². The molecule has 0 radical (unpaired) electrons. The first kappa shape index (κ1) is 6.62. The van der Waals surface area contributed by atoms with Crippen molar-refractivity contribution in [1.82, 2.24) is 5.01 Å². The van der Waals surface area contributed by atoms with Gasteiger partial charge in [-0.15, -0.1) is 0 Å². The van der Waals surface area contributed by atoms with E-state index in [0.29, 0.717) is 0 Å². The summed E-state index contributed by atoms with van der Waals surface area (Å²) in [6.45, 7) is 1.10. The molecule has 0 aromatic carbocycles. The second-order valence-electron chi connectivity index (χ2n) is 4.03. The predicted molar refractivity (Wildman–Crippen MR) is 41.1 cm³/mol. The minimum atomic E-state index is 0.916. The molecule has 2 atom stereocenters. The number of hydrazine groups is 1. The smallest absolute Gasteiger partial charge is 0.0154 e. The Balaban J connectivity index is 1.76. The maximum atomic E-state index is 5.57. The number of hydrogen-bond donors (Lipinski definition) is 1. The van der Waals surface area contributed by atoms with Crippen molar-refractivity contribution < 1.29 is 0 Å². The van der Waals surface area contributed by atoms with Crippen LogP contribution in [0.1, 0.15) is 19.3 Å². The molecular weight excluding hydrogens is 124 g/mol. The summed E-state index contributed by atoms with van der Waals surface area (Å²) >= 11 is 0. The molecule has 58 valence electrons. The van der Waals surface area contributed by atoms with Gasteiger partial charge < -0.3 is 0 Å². The molecule has 0 bridgehead atoms. The molecule has 2 rings (SSSR count). The van der Waals surface area contributed by atoms with Crippen LogP contribution in [0.4, 0.5) is 0 Å². The summed E-state index contributed by atoms with van der Waals surface area (Å²) < 4.78 is 0. The van der Waals surface area contributed by atoms with E-state index in [2.05, 4.69) is 0 Å². The van der Waals surface area contributed by atoms with Crippen LogP contribution in [0.2, 0.25) is 0 Å². The third-order valence-corrected chi connectivity index (χ3v) is 2.89. The minimum Gasteiger partial charge on any atom is -0.269 e. The van der Waals surface area contributed by atoms with Gasteiger partial charge in [-0.3, -0.25) is 5.84 Å². The molecule has 2 heteroatoms. The SMILES string of the molecule is CN(N)CC1CC2CC2C1. The molecule has 0 spiro atoms. The van der Waals surface area contributed by atoms with Crippen molar-refractivity contribution >= 4 is 0 Å². The van der Waals surface area contributed by atoms with E-state index in [-0.39, 0.29) is 0 Å². The molecule has 0 heterocycles. The van der Waals surface area contributed by atoms with Gasteiger partial charge in [0.05, 0.1) is 0 Å². The topological polar surface area (TPSA) is 29.3 Å². The van der Waals surface area contributed by atoms with E-state index < -0.39 is 0 Å². The Hall–Kier alpha value is -0.0800. The van der Waals surface area contributed by atoms with Gasteiger partial charge in [0.25, 0.3) is 0 Å². The second kappa shape index (κ2) is 2.21. The number of rotatable bonds is 2. The largest absolute Gasteiger partial charge is 0.269 e. The maximum absolute atomic E-state index is 5.57. The lowest BCUT2D eigenvalue weighted by molar-refractivity contribution is 0.275.